The zero-order valence-electron chi connectivity index (χ0n) is 12.1. The third kappa shape index (κ3) is 4.15. The third-order valence-corrected chi connectivity index (χ3v) is 2.90. The molecular weight excluding hydrogens is 224 g/mol. The quantitative estimate of drug-likeness (QED) is 0.860. The highest BCUT2D eigenvalue weighted by atomic mass is 16.1. The topological polar surface area (TPSA) is 41.1 Å². The van der Waals surface area contributed by atoms with Gasteiger partial charge in [0.15, 0.2) is 0 Å². The summed E-state index contributed by atoms with van der Waals surface area (Å²) < 4.78 is 0. The Bertz CT molecular complexity index is 419. The Labute approximate surface area is 110 Å². The van der Waals surface area contributed by atoms with Gasteiger partial charge in [-0.3, -0.25) is 4.79 Å². The maximum atomic E-state index is 11.6. The summed E-state index contributed by atoms with van der Waals surface area (Å²) in [6, 6.07) is 6.21. The van der Waals surface area contributed by atoms with Gasteiger partial charge in [0.2, 0.25) is 5.91 Å². The highest BCUT2D eigenvalue weighted by molar-refractivity contribution is 5.93. The number of likely N-dealkylation sites (N-methyl/N-ethyl adjacent to an activating group) is 1. The molecule has 0 radical (unpaired) electrons. The maximum Gasteiger partial charge on any atom is 0.238 e. The molecule has 2 N–H and O–H groups in total. The minimum atomic E-state index is 0.00320. The molecule has 18 heavy (non-hydrogen) atoms. The number of nitrogens with one attached hydrogen (secondary N) is 2. The summed E-state index contributed by atoms with van der Waals surface area (Å²) in [5.41, 5.74) is 3.42. The Morgan fingerprint density at radius 1 is 1.28 bits per heavy atom. The number of amides is 1. The Balaban J connectivity index is 2.77. The first-order valence-corrected chi connectivity index (χ1v) is 6.46. The molecule has 0 spiro atoms. The SMILES string of the molecule is CCNCC(=O)Nc1ccc(C(C)(C)C)cc1C. The van der Waals surface area contributed by atoms with E-state index < -0.39 is 0 Å². The maximum absolute atomic E-state index is 11.6. The number of benzene rings is 1. The molecule has 0 fully saturated rings. The first kappa shape index (κ1) is 14.7. The minimum Gasteiger partial charge on any atom is -0.325 e. The molecule has 0 aliphatic carbocycles. The van der Waals surface area contributed by atoms with Crippen molar-refractivity contribution in [1.82, 2.24) is 5.32 Å². The fourth-order valence-electron chi connectivity index (χ4n) is 1.70. The van der Waals surface area contributed by atoms with E-state index in [4.69, 9.17) is 0 Å². The van der Waals surface area contributed by atoms with E-state index in [0.29, 0.717) is 6.54 Å². The van der Waals surface area contributed by atoms with E-state index in [1.807, 2.05) is 19.9 Å². The highest BCUT2D eigenvalue weighted by Gasteiger charge is 2.14. The average molecular weight is 248 g/mol. The Hall–Kier alpha value is -1.35. The van der Waals surface area contributed by atoms with Crippen LogP contribution >= 0.6 is 0 Å². The predicted octanol–water partition coefficient (Wildman–Crippen LogP) is 2.84. The van der Waals surface area contributed by atoms with Crippen LogP contribution in [0.5, 0.6) is 0 Å². The van der Waals surface area contributed by atoms with Crippen LogP contribution in [0.15, 0.2) is 18.2 Å². The number of anilines is 1. The molecule has 0 aliphatic heterocycles. The van der Waals surface area contributed by atoms with E-state index in [-0.39, 0.29) is 11.3 Å². The van der Waals surface area contributed by atoms with Crippen LogP contribution in [0.4, 0.5) is 5.69 Å². The zero-order chi connectivity index (χ0) is 13.8. The van der Waals surface area contributed by atoms with Gasteiger partial charge in [-0.15, -0.1) is 0 Å². The van der Waals surface area contributed by atoms with Crippen molar-refractivity contribution >= 4 is 11.6 Å². The Morgan fingerprint density at radius 3 is 2.44 bits per heavy atom. The van der Waals surface area contributed by atoms with Crippen LogP contribution < -0.4 is 10.6 Å². The smallest absolute Gasteiger partial charge is 0.238 e. The van der Waals surface area contributed by atoms with Crippen LogP contribution in [0.25, 0.3) is 0 Å². The number of hydrogen-bond acceptors (Lipinski definition) is 2. The lowest BCUT2D eigenvalue weighted by Crippen LogP contribution is -2.28. The lowest BCUT2D eigenvalue weighted by atomic mass is 9.86. The molecule has 3 nitrogen and oxygen atoms in total. The van der Waals surface area contributed by atoms with Crippen LogP contribution in [0.1, 0.15) is 38.8 Å². The molecule has 0 saturated carbocycles. The average Bonchev–Trinajstić information content (AvgIpc) is 2.27. The van der Waals surface area contributed by atoms with Gasteiger partial charge in [-0.25, -0.2) is 0 Å². The van der Waals surface area contributed by atoms with Gasteiger partial charge < -0.3 is 10.6 Å². The molecule has 0 bridgehead atoms. The standard InChI is InChI=1S/C15H24N2O/c1-6-16-10-14(18)17-13-8-7-12(9-11(13)2)15(3,4)5/h7-9,16H,6,10H2,1-5H3,(H,17,18). The van der Waals surface area contributed by atoms with E-state index in [0.717, 1.165) is 17.8 Å². The summed E-state index contributed by atoms with van der Waals surface area (Å²) in [6.45, 7) is 11.7. The normalized spacial score (nSPS) is 11.4. The molecule has 1 amide bonds. The number of rotatable bonds is 4. The van der Waals surface area contributed by atoms with Gasteiger partial charge in [0.1, 0.15) is 0 Å². The van der Waals surface area contributed by atoms with E-state index >= 15 is 0 Å². The van der Waals surface area contributed by atoms with Gasteiger partial charge in [0.05, 0.1) is 6.54 Å². The number of carbonyl (C=O) groups is 1. The third-order valence-electron chi connectivity index (χ3n) is 2.90. The lowest BCUT2D eigenvalue weighted by molar-refractivity contribution is -0.115. The predicted molar refractivity (Wildman–Crippen MR) is 77.1 cm³/mol. The second kappa shape index (κ2) is 6.01. The fourth-order valence-corrected chi connectivity index (χ4v) is 1.70. The summed E-state index contributed by atoms with van der Waals surface area (Å²) in [5, 5.41) is 5.93. The van der Waals surface area contributed by atoms with Crippen molar-refractivity contribution in [3.63, 3.8) is 0 Å². The first-order chi connectivity index (χ1) is 8.34. The second-order valence-electron chi connectivity index (χ2n) is 5.61. The van der Waals surface area contributed by atoms with Crippen molar-refractivity contribution in [3.8, 4) is 0 Å². The van der Waals surface area contributed by atoms with E-state index in [1.54, 1.807) is 0 Å². The molecule has 0 heterocycles. The molecule has 1 aromatic carbocycles. The van der Waals surface area contributed by atoms with Gasteiger partial charge in [0.25, 0.3) is 0 Å². The Kier molecular flexibility index (Phi) is 4.91. The van der Waals surface area contributed by atoms with Crippen molar-refractivity contribution in [2.75, 3.05) is 18.4 Å². The first-order valence-electron chi connectivity index (χ1n) is 6.46. The molecular formula is C15H24N2O. The molecule has 1 aromatic rings. The van der Waals surface area contributed by atoms with Gasteiger partial charge in [-0.05, 0) is 36.1 Å². The second-order valence-corrected chi connectivity index (χ2v) is 5.61. The summed E-state index contributed by atoms with van der Waals surface area (Å²) in [6.07, 6.45) is 0. The van der Waals surface area contributed by atoms with Crippen LogP contribution in [0.3, 0.4) is 0 Å². The van der Waals surface area contributed by atoms with Crippen molar-refractivity contribution in [2.45, 2.75) is 40.0 Å². The molecule has 0 aliphatic rings. The molecule has 1 rings (SSSR count). The van der Waals surface area contributed by atoms with Gasteiger partial charge in [-0.1, -0.05) is 39.8 Å². The van der Waals surface area contributed by atoms with Crippen LogP contribution in [-0.4, -0.2) is 19.0 Å². The van der Waals surface area contributed by atoms with Gasteiger partial charge in [-0.2, -0.15) is 0 Å². The summed E-state index contributed by atoms with van der Waals surface area (Å²) >= 11 is 0. The highest BCUT2D eigenvalue weighted by Crippen LogP contribution is 2.26. The van der Waals surface area contributed by atoms with E-state index in [2.05, 4.69) is 43.5 Å². The van der Waals surface area contributed by atoms with Crippen molar-refractivity contribution in [1.29, 1.82) is 0 Å². The zero-order valence-corrected chi connectivity index (χ0v) is 12.1. The molecule has 0 atom stereocenters. The molecule has 0 unspecified atom stereocenters. The monoisotopic (exact) mass is 248 g/mol. The van der Waals surface area contributed by atoms with Crippen molar-refractivity contribution in [2.24, 2.45) is 0 Å². The van der Waals surface area contributed by atoms with Crippen molar-refractivity contribution < 1.29 is 4.79 Å². The van der Waals surface area contributed by atoms with Crippen LogP contribution in [0.2, 0.25) is 0 Å². The lowest BCUT2D eigenvalue weighted by Gasteiger charge is -2.20. The summed E-state index contributed by atoms with van der Waals surface area (Å²) in [5.74, 6) is 0.00320. The van der Waals surface area contributed by atoms with Crippen molar-refractivity contribution in [3.05, 3.63) is 29.3 Å². The molecule has 3 heteroatoms. The number of aryl methyl sites for hydroxylation is 1. The number of carbonyl (C=O) groups excluding carboxylic acids is 1. The minimum absolute atomic E-state index is 0.00320. The van der Waals surface area contributed by atoms with Gasteiger partial charge >= 0.3 is 0 Å². The molecule has 0 aromatic heterocycles. The van der Waals surface area contributed by atoms with E-state index in [1.165, 1.54) is 5.56 Å². The van der Waals surface area contributed by atoms with Gasteiger partial charge in [0, 0.05) is 5.69 Å². The fraction of sp³-hybridized carbons (Fsp3) is 0.533. The summed E-state index contributed by atoms with van der Waals surface area (Å²) in [4.78, 5) is 11.6. The largest absolute Gasteiger partial charge is 0.325 e. The summed E-state index contributed by atoms with van der Waals surface area (Å²) in [7, 11) is 0. The van der Waals surface area contributed by atoms with Crippen LogP contribution in [-0.2, 0) is 10.2 Å². The van der Waals surface area contributed by atoms with E-state index in [9.17, 15) is 4.79 Å². The molecule has 0 saturated heterocycles. The molecule has 100 valence electrons. The Morgan fingerprint density at radius 2 is 1.94 bits per heavy atom. The van der Waals surface area contributed by atoms with Crippen LogP contribution in [0, 0.1) is 6.92 Å². The number of hydrogen-bond donors (Lipinski definition) is 2.